The van der Waals surface area contributed by atoms with Crippen molar-refractivity contribution in [1.29, 1.82) is 0 Å². The Morgan fingerprint density at radius 1 is 1.03 bits per heavy atom. The summed E-state index contributed by atoms with van der Waals surface area (Å²) in [6.07, 6.45) is 2.82. The van der Waals surface area contributed by atoms with Gasteiger partial charge in [-0.25, -0.2) is 4.98 Å². The summed E-state index contributed by atoms with van der Waals surface area (Å²) in [5, 5.41) is 16.3. The Kier molecular flexibility index (Phi) is 6.16. The van der Waals surface area contributed by atoms with Crippen LogP contribution in [0.3, 0.4) is 0 Å². The summed E-state index contributed by atoms with van der Waals surface area (Å²) in [7, 11) is 0. The Hall–Kier alpha value is -3.09. The molecule has 154 valence electrons. The van der Waals surface area contributed by atoms with Crippen LogP contribution >= 0.6 is 11.6 Å². The van der Waals surface area contributed by atoms with Gasteiger partial charge in [0.2, 0.25) is 0 Å². The molecule has 0 saturated carbocycles. The standard InChI is InChI=1S/C23H23ClN4O2/c24-20-8-7-18(14-21(20)26-17-4-2-1-3-5-17)27-23(30)16-6-9-22(25-15-16)28-12-10-19(29)11-13-28/h1-9,14-15,19,26,29H,10-13H2,(H,27,30). The van der Waals surface area contributed by atoms with Crippen molar-refractivity contribution in [2.75, 3.05) is 28.6 Å². The lowest BCUT2D eigenvalue weighted by molar-refractivity contribution is 0.102. The van der Waals surface area contributed by atoms with Crippen LogP contribution in [0.4, 0.5) is 22.9 Å². The monoisotopic (exact) mass is 422 g/mol. The molecular formula is C23H23ClN4O2. The second-order valence-electron chi connectivity index (χ2n) is 7.26. The van der Waals surface area contributed by atoms with E-state index in [1.807, 2.05) is 36.4 Å². The minimum absolute atomic E-state index is 0.230. The van der Waals surface area contributed by atoms with Crippen LogP contribution < -0.4 is 15.5 Å². The zero-order valence-corrected chi connectivity index (χ0v) is 17.1. The highest BCUT2D eigenvalue weighted by Crippen LogP contribution is 2.29. The number of aromatic nitrogens is 1. The lowest BCUT2D eigenvalue weighted by Gasteiger charge is -2.30. The summed E-state index contributed by atoms with van der Waals surface area (Å²) in [6, 6.07) is 18.6. The van der Waals surface area contributed by atoms with Crippen molar-refractivity contribution in [3.8, 4) is 0 Å². The van der Waals surface area contributed by atoms with Gasteiger partial charge in [-0.2, -0.15) is 0 Å². The maximum Gasteiger partial charge on any atom is 0.257 e. The molecule has 1 amide bonds. The number of aliphatic hydroxyl groups is 1. The summed E-state index contributed by atoms with van der Waals surface area (Å²) < 4.78 is 0. The van der Waals surface area contributed by atoms with Crippen molar-refractivity contribution in [3.63, 3.8) is 0 Å². The average Bonchev–Trinajstić information content (AvgIpc) is 2.77. The number of aliphatic hydroxyl groups excluding tert-OH is 1. The van der Waals surface area contributed by atoms with Gasteiger partial charge in [0, 0.05) is 30.7 Å². The predicted molar refractivity (Wildman–Crippen MR) is 121 cm³/mol. The molecule has 0 spiro atoms. The number of halogens is 1. The number of piperidine rings is 1. The molecule has 1 saturated heterocycles. The largest absolute Gasteiger partial charge is 0.393 e. The maximum atomic E-state index is 12.6. The molecule has 1 aromatic heterocycles. The normalized spacial score (nSPS) is 14.4. The van der Waals surface area contributed by atoms with E-state index in [9.17, 15) is 9.90 Å². The minimum Gasteiger partial charge on any atom is -0.393 e. The topological polar surface area (TPSA) is 77.5 Å². The number of pyridine rings is 1. The third kappa shape index (κ3) is 4.90. The van der Waals surface area contributed by atoms with Gasteiger partial charge in [-0.05, 0) is 55.3 Å². The van der Waals surface area contributed by atoms with Gasteiger partial charge in [-0.3, -0.25) is 4.79 Å². The Morgan fingerprint density at radius 2 is 1.80 bits per heavy atom. The molecule has 0 bridgehead atoms. The Balaban J connectivity index is 1.43. The molecular weight excluding hydrogens is 400 g/mol. The van der Waals surface area contributed by atoms with Crippen LogP contribution in [0.25, 0.3) is 0 Å². The maximum absolute atomic E-state index is 12.6. The lowest BCUT2D eigenvalue weighted by atomic mass is 10.1. The van der Waals surface area contributed by atoms with Crippen LogP contribution in [0.15, 0.2) is 66.9 Å². The van der Waals surface area contributed by atoms with Gasteiger partial charge in [0.25, 0.3) is 5.91 Å². The number of nitrogens with one attached hydrogen (secondary N) is 2. The first kappa shape index (κ1) is 20.2. The minimum atomic E-state index is -0.240. The number of amides is 1. The summed E-state index contributed by atoms with van der Waals surface area (Å²) in [4.78, 5) is 19.2. The van der Waals surface area contributed by atoms with E-state index in [0.29, 0.717) is 22.0 Å². The van der Waals surface area contributed by atoms with Crippen LogP contribution in [0.2, 0.25) is 5.02 Å². The zero-order chi connectivity index (χ0) is 20.9. The van der Waals surface area contributed by atoms with E-state index in [1.54, 1.807) is 30.5 Å². The van der Waals surface area contributed by atoms with Gasteiger partial charge in [0.1, 0.15) is 5.82 Å². The molecule has 0 aliphatic carbocycles. The molecule has 7 heteroatoms. The van der Waals surface area contributed by atoms with Crippen molar-refractivity contribution in [2.45, 2.75) is 18.9 Å². The summed E-state index contributed by atoms with van der Waals surface area (Å²) in [6.45, 7) is 1.53. The van der Waals surface area contributed by atoms with Crippen LogP contribution in [-0.2, 0) is 0 Å². The highest BCUT2D eigenvalue weighted by atomic mass is 35.5. The van der Waals surface area contributed by atoms with E-state index in [-0.39, 0.29) is 12.0 Å². The molecule has 0 unspecified atom stereocenters. The van der Waals surface area contributed by atoms with Crippen molar-refractivity contribution in [3.05, 3.63) is 77.4 Å². The van der Waals surface area contributed by atoms with E-state index in [0.717, 1.165) is 37.4 Å². The molecule has 1 aliphatic heterocycles. The van der Waals surface area contributed by atoms with E-state index in [4.69, 9.17) is 11.6 Å². The predicted octanol–water partition coefficient (Wildman–Crippen LogP) is 4.69. The number of hydrogen-bond acceptors (Lipinski definition) is 5. The van der Waals surface area contributed by atoms with Crippen molar-refractivity contribution in [2.24, 2.45) is 0 Å². The molecule has 4 rings (SSSR count). The zero-order valence-electron chi connectivity index (χ0n) is 16.4. The van der Waals surface area contributed by atoms with Crippen molar-refractivity contribution in [1.82, 2.24) is 4.98 Å². The van der Waals surface area contributed by atoms with Crippen molar-refractivity contribution >= 4 is 40.4 Å². The third-order valence-corrected chi connectivity index (χ3v) is 5.41. The summed E-state index contributed by atoms with van der Waals surface area (Å²) in [5.41, 5.74) is 2.73. The van der Waals surface area contributed by atoms with Crippen LogP contribution in [-0.4, -0.2) is 35.2 Å². The van der Waals surface area contributed by atoms with Gasteiger partial charge in [-0.1, -0.05) is 29.8 Å². The van der Waals surface area contributed by atoms with E-state index in [1.165, 1.54) is 0 Å². The highest BCUT2D eigenvalue weighted by Gasteiger charge is 2.18. The molecule has 0 radical (unpaired) electrons. The lowest BCUT2D eigenvalue weighted by Crippen LogP contribution is -2.36. The van der Waals surface area contributed by atoms with E-state index >= 15 is 0 Å². The average molecular weight is 423 g/mol. The summed E-state index contributed by atoms with van der Waals surface area (Å²) >= 11 is 6.29. The molecule has 6 nitrogen and oxygen atoms in total. The van der Waals surface area contributed by atoms with Gasteiger partial charge in [0.05, 0.1) is 22.4 Å². The molecule has 3 N–H and O–H groups in total. The fraction of sp³-hybridized carbons (Fsp3) is 0.217. The van der Waals surface area contributed by atoms with Crippen LogP contribution in [0.5, 0.6) is 0 Å². The highest BCUT2D eigenvalue weighted by molar-refractivity contribution is 6.33. The van der Waals surface area contributed by atoms with Crippen LogP contribution in [0.1, 0.15) is 23.2 Å². The van der Waals surface area contributed by atoms with Crippen LogP contribution in [0, 0.1) is 0 Å². The Bertz CT molecular complexity index is 1000. The fourth-order valence-electron chi connectivity index (χ4n) is 3.38. The molecule has 30 heavy (non-hydrogen) atoms. The smallest absolute Gasteiger partial charge is 0.257 e. The second kappa shape index (κ2) is 9.15. The van der Waals surface area contributed by atoms with Gasteiger partial charge < -0.3 is 20.6 Å². The fourth-order valence-corrected chi connectivity index (χ4v) is 3.55. The number of anilines is 4. The van der Waals surface area contributed by atoms with Crippen molar-refractivity contribution < 1.29 is 9.90 Å². The first-order valence-electron chi connectivity index (χ1n) is 9.90. The number of benzene rings is 2. The number of hydrogen-bond donors (Lipinski definition) is 3. The van der Waals surface area contributed by atoms with Gasteiger partial charge in [0.15, 0.2) is 0 Å². The molecule has 1 aliphatic rings. The third-order valence-electron chi connectivity index (χ3n) is 5.08. The van der Waals surface area contributed by atoms with Gasteiger partial charge in [-0.15, -0.1) is 0 Å². The molecule has 2 heterocycles. The Labute approximate surface area is 180 Å². The molecule has 2 aromatic carbocycles. The van der Waals surface area contributed by atoms with Gasteiger partial charge >= 0.3 is 0 Å². The number of carbonyl (C=O) groups excluding carboxylic acids is 1. The summed E-state index contributed by atoms with van der Waals surface area (Å²) in [5.74, 6) is 0.579. The number of carbonyl (C=O) groups is 1. The second-order valence-corrected chi connectivity index (χ2v) is 7.67. The number of nitrogens with zero attached hydrogens (tertiary/aromatic N) is 2. The number of rotatable bonds is 5. The Morgan fingerprint density at radius 3 is 2.50 bits per heavy atom. The first-order valence-corrected chi connectivity index (χ1v) is 10.3. The first-order chi connectivity index (χ1) is 14.6. The molecule has 1 fully saturated rings. The number of para-hydroxylation sites is 1. The SMILES string of the molecule is O=C(Nc1ccc(Cl)c(Nc2ccccc2)c1)c1ccc(N2CCC(O)CC2)nc1. The molecule has 3 aromatic rings. The molecule has 0 atom stereocenters. The van der Waals surface area contributed by atoms with E-state index in [2.05, 4.69) is 20.5 Å². The van der Waals surface area contributed by atoms with E-state index < -0.39 is 0 Å². The quantitative estimate of drug-likeness (QED) is 0.556.